The predicted molar refractivity (Wildman–Crippen MR) is 93.1 cm³/mol. The van der Waals surface area contributed by atoms with E-state index in [1.807, 2.05) is 0 Å². The molecule has 0 aliphatic carbocycles. The van der Waals surface area contributed by atoms with Crippen LogP contribution < -0.4 is 24.7 Å². The summed E-state index contributed by atoms with van der Waals surface area (Å²) in [5, 5.41) is 15.1. The molecule has 2 aromatic rings. The highest BCUT2D eigenvalue weighted by molar-refractivity contribution is 6.33. The van der Waals surface area contributed by atoms with Crippen LogP contribution in [-0.4, -0.2) is 33.5 Å². The van der Waals surface area contributed by atoms with E-state index in [-0.39, 0.29) is 10.6 Å². The van der Waals surface area contributed by atoms with E-state index in [1.54, 1.807) is 18.2 Å². The lowest BCUT2D eigenvalue weighted by molar-refractivity contribution is -0.255. The number of anilines is 1. The molecule has 0 aromatic heterocycles. The maximum absolute atomic E-state index is 11.0. The number of nitrogens with zero attached hydrogens (tertiary/aromatic N) is 1. The maximum Gasteiger partial charge on any atom is 0.164 e. The minimum atomic E-state index is -1.36. The molecular formula is C17H16ClN2O5-. The lowest BCUT2D eigenvalue weighted by atomic mass is 10.2. The molecule has 0 radical (unpaired) electrons. The lowest BCUT2D eigenvalue weighted by Crippen LogP contribution is -2.22. The Morgan fingerprint density at radius 3 is 2.32 bits per heavy atom. The first kappa shape index (κ1) is 18.4. The lowest BCUT2D eigenvalue weighted by Gasteiger charge is -2.12. The standard InChI is InChI=1S/C17H17ClN2O5/c1-23-14-8-16(25-3)15(24-2)6-10(14)9-19-20-11-4-5-13(18)12(7-11)17(21)22/h4-9,20H,1-3H3,(H,21,22)/p-1/b19-9-. The number of carbonyl (C=O) groups is 1. The monoisotopic (exact) mass is 363 g/mol. The Hall–Kier alpha value is -2.93. The largest absolute Gasteiger partial charge is 0.545 e. The molecule has 1 N–H and O–H groups in total. The van der Waals surface area contributed by atoms with Gasteiger partial charge in [-0.25, -0.2) is 0 Å². The van der Waals surface area contributed by atoms with Crippen molar-refractivity contribution in [2.45, 2.75) is 0 Å². The van der Waals surface area contributed by atoms with E-state index in [1.165, 1.54) is 39.7 Å². The van der Waals surface area contributed by atoms with Crippen molar-refractivity contribution in [2.75, 3.05) is 26.8 Å². The van der Waals surface area contributed by atoms with Crippen molar-refractivity contribution >= 4 is 29.5 Å². The van der Waals surface area contributed by atoms with Gasteiger partial charge in [-0.2, -0.15) is 5.10 Å². The molecule has 0 atom stereocenters. The highest BCUT2D eigenvalue weighted by Crippen LogP contribution is 2.33. The van der Waals surface area contributed by atoms with Crippen molar-refractivity contribution in [3.8, 4) is 17.2 Å². The number of hydrogen-bond acceptors (Lipinski definition) is 7. The number of benzene rings is 2. The van der Waals surface area contributed by atoms with Gasteiger partial charge in [-0.3, -0.25) is 5.43 Å². The molecular weight excluding hydrogens is 348 g/mol. The molecule has 0 aliphatic heterocycles. The van der Waals surface area contributed by atoms with Gasteiger partial charge in [0.15, 0.2) is 11.5 Å². The van der Waals surface area contributed by atoms with Crippen molar-refractivity contribution in [1.82, 2.24) is 0 Å². The van der Waals surface area contributed by atoms with Crippen molar-refractivity contribution in [2.24, 2.45) is 5.10 Å². The summed E-state index contributed by atoms with van der Waals surface area (Å²) in [6.07, 6.45) is 1.51. The van der Waals surface area contributed by atoms with Gasteiger partial charge < -0.3 is 24.1 Å². The van der Waals surface area contributed by atoms with Gasteiger partial charge in [-0.1, -0.05) is 11.6 Å². The summed E-state index contributed by atoms with van der Waals surface area (Å²) in [7, 11) is 4.58. The molecule has 0 heterocycles. The molecule has 0 unspecified atom stereocenters. The zero-order valence-electron chi connectivity index (χ0n) is 13.8. The van der Waals surface area contributed by atoms with Gasteiger partial charge in [0, 0.05) is 22.2 Å². The first-order valence-electron chi connectivity index (χ1n) is 7.10. The Morgan fingerprint density at radius 1 is 1.08 bits per heavy atom. The first-order chi connectivity index (χ1) is 12.0. The minimum absolute atomic E-state index is 0.0936. The molecule has 0 saturated heterocycles. The summed E-state index contributed by atoms with van der Waals surface area (Å²) < 4.78 is 15.8. The molecule has 7 nitrogen and oxygen atoms in total. The SMILES string of the molecule is COc1cc(OC)c(OC)cc1/C=N\Nc1ccc(Cl)c(C(=O)[O-])c1. The molecule has 0 saturated carbocycles. The fourth-order valence-electron chi connectivity index (χ4n) is 2.08. The van der Waals surface area contributed by atoms with Crippen molar-refractivity contribution < 1.29 is 24.1 Å². The summed E-state index contributed by atoms with van der Waals surface area (Å²) >= 11 is 5.79. The number of halogens is 1. The number of aromatic carboxylic acids is 1. The predicted octanol–water partition coefficient (Wildman–Crippen LogP) is 2.18. The van der Waals surface area contributed by atoms with Crippen LogP contribution in [0.15, 0.2) is 35.4 Å². The minimum Gasteiger partial charge on any atom is -0.545 e. The van der Waals surface area contributed by atoms with Gasteiger partial charge in [0.2, 0.25) is 0 Å². The molecule has 0 bridgehead atoms. The zero-order valence-corrected chi connectivity index (χ0v) is 14.6. The summed E-state index contributed by atoms with van der Waals surface area (Å²) in [4.78, 5) is 11.0. The van der Waals surface area contributed by atoms with E-state index >= 15 is 0 Å². The van der Waals surface area contributed by atoms with Gasteiger partial charge in [0.25, 0.3) is 0 Å². The number of methoxy groups -OCH3 is 3. The molecule has 2 aromatic carbocycles. The summed E-state index contributed by atoms with van der Waals surface area (Å²) in [5.41, 5.74) is 3.69. The van der Waals surface area contributed by atoms with E-state index in [0.717, 1.165) is 0 Å². The molecule has 0 aliphatic rings. The molecule has 0 spiro atoms. The van der Waals surface area contributed by atoms with Crippen LogP contribution in [0.1, 0.15) is 15.9 Å². The summed E-state index contributed by atoms with van der Waals surface area (Å²) in [6.45, 7) is 0. The van der Waals surface area contributed by atoms with Crippen LogP contribution in [0, 0.1) is 0 Å². The second-order valence-corrected chi connectivity index (χ2v) is 5.21. The smallest absolute Gasteiger partial charge is 0.164 e. The highest BCUT2D eigenvalue weighted by atomic mass is 35.5. The second-order valence-electron chi connectivity index (χ2n) is 4.80. The van der Waals surface area contributed by atoms with Gasteiger partial charge in [0.1, 0.15) is 5.75 Å². The van der Waals surface area contributed by atoms with Gasteiger partial charge in [0.05, 0.1) is 39.2 Å². The van der Waals surface area contributed by atoms with E-state index in [0.29, 0.717) is 28.5 Å². The fraction of sp³-hybridized carbons (Fsp3) is 0.176. The number of hydrogen-bond donors (Lipinski definition) is 1. The molecule has 8 heteroatoms. The third-order valence-corrected chi connectivity index (χ3v) is 3.65. The van der Waals surface area contributed by atoms with Crippen LogP contribution in [0.25, 0.3) is 0 Å². The normalized spacial score (nSPS) is 10.6. The second kappa shape index (κ2) is 8.25. The number of carboxylic acids is 1. The average molecular weight is 364 g/mol. The Labute approximate surface area is 149 Å². The number of carbonyl (C=O) groups excluding carboxylic acids is 1. The van der Waals surface area contributed by atoms with Crippen LogP contribution in [0.3, 0.4) is 0 Å². The molecule has 0 amide bonds. The quantitative estimate of drug-likeness (QED) is 0.598. The highest BCUT2D eigenvalue weighted by Gasteiger charge is 2.10. The number of carboxylic acid groups (broad SMARTS) is 1. The Bertz CT molecular complexity index is 808. The third-order valence-electron chi connectivity index (χ3n) is 3.32. The number of rotatable bonds is 7. The van der Waals surface area contributed by atoms with Crippen molar-refractivity contribution in [3.05, 3.63) is 46.5 Å². The molecule has 2 rings (SSSR count). The van der Waals surface area contributed by atoms with Gasteiger partial charge in [-0.15, -0.1) is 0 Å². The van der Waals surface area contributed by atoms with Gasteiger partial charge in [-0.05, 0) is 24.3 Å². The topological polar surface area (TPSA) is 92.2 Å². The van der Waals surface area contributed by atoms with E-state index in [2.05, 4.69) is 10.5 Å². The van der Waals surface area contributed by atoms with Crippen molar-refractivity contribution in [1.29, 1.82) is 0 Å². The van der Waals surface area contributed by atoms with Crippen LogP contribution in [-0.2, 0) is 0 Å². The average Bonchev–Trinajstić information content (AvgIpc) is 2.62. The Kier molecular flexibility index (Phi) is 6.08. The van der Waals surface area contributed by atoms with E-state index in [9.17, 15) is 9.90 Å². The number of nitrogens with one attached hydrogen (secondary N) is 1. The number of ether oxygens (including phenoxy) is 3. The molecule has 25 heavy (non-hydrogen) atoms. The Balaban J connectivity index is 2.25. The molecule has 132 valence electrons. The van der Waals surface area contributed by atoms with Crippen LogP contribution >= 0.6 is 11.6 Å². The molecule has 0 fully saturated rings. The van der Waals surface area contributed by atoms with Crippen LogP contribution in [0.4, 0.5) is 5.69 Å². The first-order valence-corrected chi connectivity index (χ1v) is 7.48. The Morgan fingerprint density at radius 2 is 1.72 bits per heavy atom. The van der Waals surface area contributed by atoms with Gasteiger partial charge >= 0.3 is 0 Å². The zero-order chi connectivity index (χ0) is 18.4. The fourth-order valence-corrected chi connectivity index (χ4v) is 2.28. The van der Waals surface area contributed by atoms with E-state index in [4.69, 9.17) is 25.8 Å². The van der Waals surface area contributed by atoms with Crippen LogP contribution in [0.2, 0.25) is 5.02 Å². The summed E-state index contributed by atoms with van der Waals surface area (Å²) in [5.74, 6) is 0.227. The van der Waals surface area contributed by atoms with E-state index < -0.39 is 5.97 Å². The van der Waals surface area contributed by atoms with Crippen molar-refractivity contribution in [3.63, 3.8) is 0 Å². The summed E-state index contributed by atoms with van der Waals surface area (Å²) in [6, 6.07) is 7.76. The van der Waals surface area contributed by atoms with Crippen LogP contribution in [0.5, 0.6) is 17.2 Å². The maximum atomic E-state index is 11.0. The number of hydrazone groups is 1. The third kappa shape index (κ3) is 4.33.